The van der Waals surface area contributed by atoms with Crippen LogP contribution >= 0.6 is 0 Å². The highest BCUT2D eigenvalue weighted by Gasteiger charge is 2.18. The number of aromatic nitrogens is 3. The number of carbonyl (C=O) groups excluding carboxylic acids is 1. The maximum atomic E-state index is 13.0. The number of pyridine rings is 1. The fourth-order valence-electron chi connectivity index (χ4n) is 5.45. The molecule has 1 amide bonds. The van der Waals surface area contributed by atoms with Gasteiger partial charge in [-0.1, -0.05) is 24.6 Å². The Kier molecular flexibility index (Phi) is 6.18. The van der Waals surface area contributed by atoms with Crippen LogP contribution in [0.2, 0.25) is 0 Å². The van der Waals surface area contributed by atoms with Gasteiger partial charge in [0.15, 0.2) is 5.65 Å². The molecule has 6 rings (SSSR count). The van der Waals surface area contributed by atoms with Gasteiger partial charge in [0.2, 0.25) is 11.4 Å². The van der Waals surface area contributed by atoms with E-state index >= 15 is 0 Å². The Morgan fingerprint density at radius 3 is 2.54 bits per heavy atom. The van der Waals surface area contributed by atoms with E-state index in [1.165, 1.54) is 48.3 Å². The van der Waals surface area contributed by atoms with Gasteiger partial charge in [-0.25, -0.2) is 4.98 Å². The maximum absolute atomic E-state index is 13.0. The maximum Gasteiger partial charge on any atom is 0.254 e. The predicted molar refractivity (Wildman–Crippen MR) is 145 cm³/mol. The molecule has 0 radical (unpaired) electrons. The molecule has 0 atom stereocenters. The lowest BCUT2D eigenvalue weighted by atomic mass is 10.1. The summed E-state index contributed by atoms with van der Waals surface area (Å²) in [5.41, 5.74) is 11.0. The van der Waals surface area contributed by atoms with Gasteiger partial charge in [-0.3, -0.25) is 14.5 Å². The Hall–Kier alpha value is -4.04. The number of hydrogen-bond donors (Lipinski definition) is 2. The van der Waals surface area contributed by atoms with Crippen LogP contribution in [0.25, 0.3) is 16.7 Å². The Morgan fingerprint density at radius 2 is 1.76 bits per heavy atom. The lowest BCUT2D eigenvalue weighted by Gasteiger charge is -2.26. The summed E-state index contributed by atoms with van der Waals surface area (Å²) in [6.07, 6.45) is 10.1. The minimum atomic E-state index is -0.770. The minimum absolute atomic E-state index is 0.0819. The van der Waals surface area contributed by atoms with Crippen molar-refractivity contribution >= 4 is 28.6 Å². The first-order valence-electron chi connectivity index (χ1n) is 13.0. The van der Waals surface area contributed by atoms with E-state index in [-0.39, 0.29) is 10.9 Å². The molecule has 3 N–H and O–H groups in total. The van der Waals surface area contributed by atoms with Gasteiger partial charge in [0, 0.05) is 30.3 Å². The standard InChI is InChI=1S/C29H30N6O2/c30-27(37)25-18-35(23-12-9-20-5-4-6-21(20)15-23)28-24(26(25)36)16-31-29(33-28)32-22-10-7-19(8-11-22)17-34-13-2-1-3-14-34/h7-12,15-16,18H,1-6,13-14,17H2,(H2,30,37)(H,31,32,33). The van der Waals surface area contributed by atoms with Crippen LogP contribution in [0.1, 0.15) is 52.7 Å². The molecule has 1 fully saturated rings. The van der Waals surface area contributed by atoms with Crippen molar-refractivity contribution < 1.29 is 4.79 Å². The highest BCUT2D eigenvalue weighted by Crippen LogP contribution is 2.26. The quantitative estimate of drug-likeness (QED) is 0.418. The van der Waals surface area contributed by atoms with Crippen LogP contribution in [0.3, 0.4) is 0 Å². The van der Waals surface area contributed by atoms with E-state index in [0.29, 0.717) is 11.6 Å². The molecule has 0 saturated carbocycles. The summed E-state index contributed by atoms with van der Waals surface area (Å²) in [6.45, 7) is 3.28. The third kappa shape index (κ3) is 4.72. The molecule has 0 bridgehead atoms. The van der Waals surface area contributed by atoms with Crippen LogP contribution in [0.5, 0.6) is 0 Å². The van der Waals surface area contributed by atoms with E-state index in [9.17, 15) is 9.59 Å². The third-order valence-electron chi connectivity index (χ3n) is 7.43. The van der Waals surface area contributed by atoms with Gasteiger partial charge in [0.25, 0.3) is 5.91 Å². The molecular weight excluding hydrogens is 464 g/mol. The number of amides is 1. The van der Waals surface area contributed by atoms with Crippen LogP contribution in [-0.4, -0.2) is 38.4 Å². The zero-order valence-electron chi connectivity index (χ0n) is 20.7. The van der Waals surface area contributed by atoms with Gasteiger partial charge in [-0.2, -0.15) is 4.98 Å². The molecule has 0 spiro atoms. The monoisotopic (exact) mass is 494 g/mol. The smallest absolute Gasteiger partial charge is 0.254 e. The molecule has 2 aromatic heterocycles. The van der Waals surface area contributed by atoms with Crippen molar-refractivity contribution in [2.24, 2.45) is 5.73 Å². The zero-order chi connectivity index (χ0) is 25.4. The number of piperidine rings is 1. The Labute approximate surface area is 215 Å². The highest BCUT2D eigenvalue weighted by molar-refractivity contribution is 5.96. The molecule has 4 aromatic rings. The van der Waals surface area contributed by atoms with Gasteiger partial charge in [-0.15, -0.1) is 0 Å². The molecule has 2 aliphatic rings. The lowest BCUT2D eigenvalue weighted by Crippen LogP contribution is -2.29. The molecule has 0 unspecified atom stereocenters. The highest BCUT2D eigenvalue weighted by atomic mass is 16.2. The average molecular weight is 495 g/mol. The van der Waals surface area contributed by atoms with Crippen LogP contribution in [0, 0.1) is 0 Å². The largest absolute Gasteiger partial charge is 0.365 e. The van der Waals surface area contributed by atoms with Gasteiger partial charge in [0.1, 0.15) is 5.56 Å². The van der Waals surface area contributed by atoms with Crippen molar-refractivity contribution in [2.45, 2.75) is 45.1 Å². The molecule has 1 saturated heterocycles. The second-order valence-electron chi connectivity index (χ2n) is 10.0. The Bertz CT molecular complexity index is 1540. The second kappa shape index (κ2) is 9.78. The van der Waals surface area contributed by atoms with Gasteiger partial charge >= 0.3 is 0 Å². The molecule has 188 valence electrons. The van der Waals surface area contributed by atoms with Crippen molar-refractivity contribution in [3.63, 3.8) is 0 Å². The van der Waals surface area contributed by atoms with Crippen LogP contribution in [0.4, 0.5) is 11.6 Å². The number of nitrogens with two attached hydrogens (primary N) is 1. The normalized spacial score (nSPS) is 15.6. The van der Waals surface area contributed by atoms with Gasteiger partial charge in [-0.05, 0) is 86.1 Å². The second-order valence-corrected chi connectivity index (χ2v) is 10.0. The Morgan fingerprint density at radius 1 is 0.973 bits per heavy atom. The van der Waals surface area contributed by atoms with Gasteiger partial charge < -0.3 is 15.6 Å². The topological polar surface area (TPSA) is 106 Å². The molecule has 8 nitrogen and oxygen atoms in total. The summed E-state index contributed by atoms with van der Waals surface area (Å²) < 4.78 is 1.77. The Balaban J connectivity index is 1.34. The third-order valence-corrected chi connectivity index (χ3v) is 7.43. The van der Waals surface area contributed by atoms with E-state index in [2.05, 4.69) is 39.5 Å². The molecular formula is C29H30N6O2. The van der Waals surface area contributed by atoms with Crippen molar-refractivity contribution in [1.82, 2.24) is 19.4 Å². The average Bonchev–Trinajstić information content (AvgIpc) is 3.38. The van der Waals surface area contributed by atoms with Crippen molar-refractivity contribution in [3.8, 4) is 5.69 Å². The number of likely N-dealkylation sites (tertiary alicyclic amines) is 1. The zero-order valence-corrected chi connectivity index (χ0v) is 20.7. The predicted octanol–water partition coefficient (Wildman–Crippen LogP) is 4.10. The SMILES string of the molecule is NC(=O)c1cn(-c2ccc3c(c2)CCC3)c2nc(Nc3ccc(CN4CCCCC4)cc3)ncc2c1=O. The number of nitrogens with one attached hydrogen (secondary N) is 1. The summed E-state index contributed by atoms with van der Waals surface area (Å²) in [5.74, 6) is -0.397. The number of anilines is 2. The first-order valence-corrected chi connectivity index (χ1v) is 13.0. The minimum Gasteiger partial charge on any atom is -0.365 e. The molecule has 2 aromatic carbocycles. The van der Waals surface area contributed by atoms with Crippen molar-refractivity contribution in [3.05, 3.63) is 87.3 Å². The van der Waals surface area contributed by atoms with Crippen LogP contribution in [0.15, 0.2) is 59.7 Å². The lowest BCUT2D eigenvalue weighted by molar-refractivity contribution is 0.0999. The number of hydrogen-bond acceptors (Lipinski definition) is 6. The summed E-state index contributed by atoms with van der Waals surface area (Å²) in [7, 11) is 0. The van der Waals surface area contributed by atoms with Gasteiger partial charge in [0.05, 0.1) is 5.39 Å². The number of rotatable bonds is 6. The van der Waals surface area contributed by atoms with Crippen LogP contribution < -0.4 is 16.5 Å². The first-order chi connectivity index (χ1) is 18.0. The van der Waals surface area contributed by atoms with E-state index in [1.807, 2.05) is 18.2 Å². The number of nitrogens with zero attached hydrogens (tertiary/aromatic N) is 4. The number of benzene rings is 2. The molecule has 1 aliphatic heterocycles. The van der Waals surface area contributed by atoms with Crippen LogP contribution in [-0.2, 0) is 19.4 Å². The summed E-state index contributed by atoms with van der Waals surface area (Å²) in [6, 6.07) is 14.5. The fraction of sp³-hybridized carbons (Fsp3) is 0.310. The number of aryl methyl sites for hydroxylation is 2. The van der Waals surface area contributed by atoms with E-state index in [0.717, 1.165) is 50.3 Å². The fourth-order valence-corrected chi connectivity index (χ4v) is 5.45. The van der Waals surface area contributed by atoms with E-state index in [4.69, 9.17) is 10.7 Å². The summed E-state index contributed by atoms with van der Waals surface area (Å²) in [4.78, 5) is 36.6. The number of carbonyl (C=O) groups is 1. The summed E-state index contributed by atoms with van der Waals surface area (Å²) in [5, 5.41) is 3.51. The number of fused-ring (bicyclic) bond motifs is 2. The van der Waals surface area contributed by atoms with Crippen molar-refractivity contribution in [2.75, 3.05) is 18.4 Å². The molecule has 3 heterocycles. The summed E-state index contributed by atoms with van der Waals surface area (Å²) >= 11 is 0. The molecule has 1 aliphatic carbocycles. The molecule has 37 heavy (non-hydrogen) atoms. The molecule has 8 heteroatoms. The van der Waals surface area contributed by atoms with E-state index in [1.54, 1.807) is 4.57 Å². The van der Waals surface area contributed by atoms with Crippen molar-refractivity contribution in [1.29, 1.82) is 0 Å². The first kappa shape index (κ1) is 23.4. The number of primary amides is 1. The van der Waals surface area contributed by atoms with E-state index < -0.39 is 11.3 Å².